The van der Waals surface area contributed by atoms with E-state index in [4.69, 9.17) is 11.6 Å². The lowest BCUT2D eigenvalue weighted by Gasteiger charge is -2.34. The van der Waals surface area contributed by atoms with Gasteiger partial charge in [0.15, 0.2) is 0 Å². The van der Waals surface area contributed by atoms with Gasteiger partial charge in [-0.25, -0.2) is 9.97 Å². The summed E-state index contributed by atoms with van der Waals surface area (Å²) in [7, 11) is 0. The molecule has 0 spiro atoms. The number of halogens is 4. The SMILES string of the molecule is O[C@@H]1CN(c2nccc(C(F)(F)F)n2)C[C@H]1NC1CCN(Cc2ccc(Cl)cc2)CC1. The van der Waals surface area contributed by atoms with Crippen LogP contribution >= 0.6 is 11.6 Å². The van der Waals surface area contributed by atoms with Crippen molar-refractivity contribution in [1.82, 2.24) is 20.2 Å². The van der Waals surface area contributed by atoms with Gasteiger partial charge in [0.05, 0.1) is 12.1 Å². The standard InChI is InChI=1S/C21H25ClF3N5O/c22-15-3-1-14(2-4-15)11-29-9-6-16(7-10-29)27-17-12-30(13-18(17)31)20-26-8-5-19(28-20)21(23,24)25/h1-5,8,16-18,27,31H,6-7,9-13H2/t17-,18-/m1/s1. The van der Waals surface area contributed by atoms with Crippen LogP contribution in [0.2, 0.25) is 5.02 Å². The van der Waals surface area contributed by atoms with E-state index in [9.17, 15) is 18.3 Å². The monoisotopic (exact) mass is 455 g/mol. The van der Waals surface area contributed by atoms with E-state index in [1.54, 1.807) is 4.90 Å². The van der Waals surface area contributed by atoms with E-state index in [-0.39, 0.29) is 24.6 Å². The lowest BCUT2D eigenvalue weighted by molar-refractivity contribution is -0.141. The number of benzene rings is 1. The number of alkyl halides is 3. The quantitative estimate of drug-likeness (QED) is 0.722. The molecule has 6 nitrogen and oxygen atoms in total. The number of aliphatic hydroxyl groups is 1. The number of rotatable bonds is 5. The molecule has 2 saturated heterocycles. The average molecular weight is 456 g/mol. The molecule has 4 rings (SSSR count). The largest absolute Gasteiger partial charge is 0.433 e. The Balaban J connectivity index is 1.28. The molecule has 31 heavy (non-hydrogen) atoms. The number of nitrogens with zero attached hydrogens (tertiary/aromatic N) is 4. The molecule has 0 radical (unpaired) electrons. The molecule has 168 valence electrons. The van der Waals surface area contributed by atoms with Gasteiger partial charge >= 0.3 is 6.18 Å². The molecular formula is C21H25ClF3N5O. The summed E-state index contributed by atoms with van der Waals surface area (Å²) in [5.74, 6) is -0.00374. The van der Waals surface area contributed by atoms with Crippen molar-refractivity contribution in [3.05, 3.63) is 52.8 Å². The van der Waals surface area contributed by atoms with Crippen LogP contribution in [0.15, 0.2) is 36.5 Å². The van der Waals surface area contributed by atoms with Crippen LogP contribution in [-0.2, 0) is 12.7 Å². The summed E-state index contributed by atoms with van der Waals surface area (Å²) < 4.78 is 38.8. The van der Waals surface area contributed by atoms with E-state index in [0.717, 1.165) is 49.8 Å². The number of anilines is 1. The van der Waals surface area contributed by atoms with Crippen LogP contribution in [0.4, 0.5) is 19.1 Å². The van der Waals surface area contributed by atoms with Gasteiger partial charge in [-0.1, -0.05) is 23.7 Å². The summed E-state index contributed by atoms with van der Waals surface area (Å²) in [6, 6.07) is 8.73. The van der Waals surface area contributed by atoms with Gasteiger partial charge in [0.1, 0.15) is 5.69 Å². The Morgan fingerprint density at radius 2 is 1.81 bits per heavy atom. The highest BCUT2D eigenvalue weighted by Gasteiger charge is 2.37. The number of nitrogens with one attached hydrogen (secondary N) is 1. The van der Waals surface area contributed by atoms with Crippen LogP contribution in [-0.4, -0.2) is 64.3 Å². The minimum atomic E-state index is -4.52. The van der Waals surface area contributed by atoms with Crippen molar-refractivity contribution in [1.29, 1.82) is 0 Å². The van der Waals surface area contributed by atoms with Crippen molar-refractivity contribution in [2.24, 2.45) is 0 Å². The lowest BCUT2D eigenvalue weighted by atomic mass is 10.0. The van der Waals surface area contributed by atoms with Gasteiger partial charge in [0.25, 0.3) is 0 Å². The molecule has 10 heteroatoms. The van der Waals surface area contributed by atoms with Gasteiger partial charge in [-0.3, -0.25) is 4.90 Å². The van der Waals surface area contributed by atoms with Crippen LogP contribution in [0.5, 0.6) is 0 Å². The second kappa shape index (κ2) is 9.28. The van der Waals surface area contributed by atoms with E-state index >= 15 is 0 Å². The first-order valence-electron chi connectivity index (χ1n) is 10.3. The van der Waals surface area contributed by atoms with Crippen molar-refractivity contribution in [3.63, 3.8) is 0 Å². The molecule has 2 aromatic rings. The number of aliphatic hydroxyl groups excluding tert-OH is 1. The first-order valence-corrected chi connectivity index (χ1v) is 10.7. The zero-order valence-corrected chi connectivity index (χ0v) is 17.6. The van der Waals surface area contributed by atoms with E-state index in [1.807, 2.05) is 24.3 Å². The fourth-order valence-corrected chi connectivity index (χ4v) is 4.31. The van der Waals surface area contributed by atoms with Gasteiger partial charge in [-0.05, 0) is 49.7 Å². The second-order valence-electron chi connectivity index (χ2n) is 8.16. The number of hydrogen-bond acceptors (Lipinski definition) is 6. The Morgan fingerprint density at radius 3 is 2.48 bits per heavy atom. The van der Waals surface area contributed by atoms with Crippen molar-refractivity contribution in [2.75, 3.05) is 31.1 Å². The highest BCUT2D eigenvalue weighted by molar-refractivity contribution is 6.30. The summed E-state index contributed by atoms with van der Waals surface area (Å²) in [5, 5.41) is 14.7. The maximum absolute atomic E-state index is 12.9. The topological polar surface area (TPSA) is 64.5 Å². The minimum absolute atomic E-state index is 0.00374. The fourth-order valence-electron chi connectivity index (χ4n) is 4.18. The molecule has 1 aromatic heterocycles. The van der Waals surface area contributed by atoms with Crippen LogP contribution in [0.3, 0.4) is 0 Å². The molecule has 3 heterocycles. The summed E-state index contributed by atoms with van der Waals surface area (Å²) in [5.41, 5.74) is 0.246. The number of hydrogen-bond donors (Lipinski definition) is 2. The van der Waals surface area contributed by atoms with Gasteiger partial charge < -0.3 is 15.3 Å². The van der Waals surface area contributed by atoms with Crippen molar-refractivity contribution in [3.8, 4) is 0 Å². The molecule has 1 aromatic carbocycles. The predicted molar refractivity (Wildman–Crippen MR) is 112 cm³/mol. The summed E-state index contributed by atoms with van der Waals surface area (Å²) in [6.07, 6.45) is -2.22. The van der Waals surface area contributed by atoms with Gasteiger partial charge in [-0.15, -0.1) is 0 Å². The smallest absolute Gasteiger partial charge is 0.390 e. The Kier molecular flexibility index (Phi) is 6.66. The summed E-state index contributed by atoms with van der Waals surface area (Å²) in [4.78, 5) is 11.6. The predicted octanol–water partition coefficient (Wildman–Crippen LogP) is 2.95. The zero-order valence-electron chi connectivity index (χ0n) is 16.9. The number of aromatic nitrogens is 2. The summed E-state index contributed by atoms with van der Waals surface area (Å²) >= 11 is 5.94. The molecule has 2 atom stereocenters. The maximum Gasteiger partial charge on any atom is 0.433 e. The lowest BCUT2D eigenvalue weighted by Crippen LogP contribution is -2.49. The molecule has 2 N–H and O–H groups in total. The minimum Gasteiger partial charge on any atom is -0.390 e. The van der Waals surface area contributed by atoms with E-state index in [2.05, 4.69) is 20.2 Å². The molecule has 0 saturated carbocycles. The normalized spacial score (nSPS) is 23.5. The summed E-state index contributed by atoms with van der Waals surface area (Å²) in [6.45, 7) is 3.31. The van der Waals surface area contributed by atoms with E-state index in [1.165, 1.54) is 5.56 Å². The third-order valence-corrected chi connectivity index (χ3v) is 6.11. The third-order valence-electron chi connectivity index (χ3n) is 5.86. The highest BCUT2D eigenvalue weighted by atomic mass is 35.5. The Hall–Kier alpha value is -1.94. The van der Waals surface area contributed by atoms with Crippen LogP contribution in [0, 0.1) is 0 Å². The molecule has 2 aliphatic rings. The van der Waals surface area contributed by atoms with Crippen LogP contribution in [0.1, 0.15) is 24.1 Å². The van der Waals surface area contributed by atoms with E-state index < -0.39 is 18.0 Å². The highest BCUT2D eigenvalue weighted by Crippen LogP contribution is 2.29. The molecule has 0 bridgehead atoms. The first kappa shape index (κ1) is 22.3. The van der Waals surface area contributed by atoms with Gasteiger partial charge in [-0.2, -0.15) is 13.2 Å². The molecule has 0 amide bonds. The van der Waals surface area contributed by atoms with Gasteiger partial charge in [0.2, 0.25) is 5.95 Å². The van der Waals surface area contributed by atoms with Crippen molar-refractivity contribution < 1.29 is 18.3 Å². The first-order chi connectivity index (χ1) is 14.8. The molecule has 2 aliphatic heterocycles. The Bertz CT molecular complexity index is 874. The molecule has 0 unspecified atom stereocenters. The number of β-amino-alcohol motifs (C(OH)–C–C–N with tert-alkyl or cyclic N) is 1. The fraction of sp³-hybridized carbons (Fsp3) is 0.524. The zero-order chi connectivity index (χ0) is 22.0. The average Bonchev–Trinajstić information content (AvgIpc) is 3.11. The number of likely N-dealkylation sites (tertiary alicyclic amines) is 1. The Labute approximate surface area is 184 Å². The third kappa shape index (κ3) is 5.65. The van der Waals surface area contributed by atoms with Crippen molar-refractivity contribution in [2.45, 2.75) is 43.8 Å². The Morgan fingerprint density at radius 1 is 1.10 bits per heavy atom. The van der Waals surface area contributed by atoms with Crippen LogP contribution < -0.4 is 10.2 Å². The molecule has 2 fully saturated rings. The second-order valence-corrected chi connectivity index (χ2v) is 8.60. The molecular weight excluding hydrogens is 431 g/mol. The van der Waals surface area contributed by atoms with E-state index in [0.29, 0.717) is 6.54 Å². The maximum atomic E-state index is 12.9. The van der Waals surface area contributed by atoms with Gasteiger partial charge in [0, 0.05) is 36.9 Å². The number of piperidine rings is 1. The molecule has 0 aliphatic carbocycles. The van der Waals surface area contributed by atoms with Crippen molar-refractivity contribution >= 4 is 17.5 Å². The van der Waals surface area contributed by atoms with Crippen LogP contribution in [0.25, 0.3) is 0 Å².